The van der Waals surface area contributed by atoms with Gasteiger partial charge in [0.25, 0.3) is 5.91 Å². The van der Waals surface area contributed by atoms with Crippen LogP contribution in [0.2, 0.25) is 0 Å². The van der Waals surface area contributed by atoms with E-state index in [1.54, 1.807) is 13.0 Å². The highest BCUT2D eigenvalue weighted by Gasteiger charge is 2.09. The molecule has 0 saturated heterocycles. The van der Waals surface area contributed by atoms with Crippen molar-refractivity contribution in [3.8, 4) is 0 Å². The van der Waals surface area contributed by atoms with E-state index >= 15 is 0 Å². The van der Waals surface area contributed by atoms with Crippen molar-refractivity contribution in [1.29, 1.82) is 0 Å². The van der Waals surface area contributed by atoms with Crippen LogP contribution in [0.15, 0.2) is 40.9 Å². The maximum atomic E-state index is 13.2. The van der Waals surface area contributed by atoms with Gasteiger partial charge in [-0.2, -0.15) is 0 Å². The first kappa shape index (κ1) is 13.7. The number of rotatable bonds is 2. The summed E-state index contributed by atoms with van der Waals surface area (Å²) in [5, 5.41) is 2.56. The van der Waals surface area contributed by atoms with Gasteiger partial charge in [0, 0.05) is 11.3 Å². The highest BCUT2D eigenvalue weighted by Crippen LogP contribution is 2.19. The second kappa shape index (κ2) is 5.48. The molecule has 0 atom stereocenters. The van der Waals surface area contributed by atoms with Crippen LogP contribution >= 0.6 is 15.9 Å². The zero-order valence-electron chi connectivity index (χ0n) is 10.0. The number of benzene rings is 2. The van der Waals surface area contributed by atoms with Gasteiger partial charge in [-0.1, -0.05) is 0 Å². The van der Waals surface area contributed by atoms with Gasteiger partial charge in [0.15, 0.2) is 0 Å². The summed E-state index contributed by atoms with van der Waals surface area (Å²) in [4.78, 5) is 11.9. The van der Waals surface area contributed by atoms with E-state index in [0.717, 1.165) is 0 Å². The lowest BCUT2D eigenvalue weighted by Gasteiger charge is -2.07. The van der Waals surface area contributed by atoms with E-state index in [-0.39, 0.29) is 10.0 Å². The number of halogens is 3. The SMILES string of the molecule is Cc1cc(F)cc(NC(=O)c2ccc(F)c(Br)c2)c1. The fourth-order valence-corrected chi connectivity index (χ4v) is 2.03. The number of carbonyl (C=O) groups is 1. The number of aryl methyl sites for hydroxylation is 1. The third kappa shape index (κ3) is 3.38. The molecule has 2 aromatic rings. The van der Waals surface area contributed by atoms with Gasteiger partial charge in [0.05, 0.1) is 4.47 Å². The second-order valence-electron chi connectivity index (χ2n) is 4.10. The zero-order chi connectivity index (χ0) is 14.0. The van der Waals surface area contributed by atoms with Crippen LogP contribution in [0.25, 0.3) is 0 Å². The van der Waals surface area contributed by atoms with E-state index in [0.29, 0.717) is 11.3 Å². The van der Waals surface area contributed by atoms with Crippen molar-refractivity contribution in [2.75, 3.05) is 5.32 Å². The van der Waals surface area contributed by atoms with E-state index in [4.69, 9.17) is 0 Å². The number of amides is 1. The topological polar surface area (TPSA) is 29.1 Å². The lowest BCUT2D eigenvalue weighted by atomic mass is 10.2. The Morgan fingerprint density at radius 1 is 1.16 bits per heavy atom. The lowest BCUT2D eigenvalue weighted by molar-refractivity contribution is 0.102. The molecule has 0 radical (unpaired) electrons. The quantitative estimate of drug-likeness (QED) is 0.876. The summed E-state index contributed by atoms with van der Waals surface area (Å²) in [6.45, 7) is 1.73. The summed E-state index contributed by atoms with van der Waals surface area (Å²) in [6.07, 6.45) is 0. The highest BCUT2D eigenvalue weighted by molar-refractivity contribution is 9.10. The number of nitrogens with one attached hydrogen (secondary N) is 1. The monoisotopic (exact) mass is 325 g/mol. The number of anilines is 1. The molecule has 0 aromatic heterocycles. The summed E-state index contributed by atoms with van der Waals surface area (Å²) in [6, 6.07) is 8.17. The Bertz CT molecular complexity index is 623. The predicted octanol–water partition coefficient (Wildman–Crippen LogP) is 4.29. The third-order valence-corrected chi connectivity index (χ3v) is 3.09. The normalized spacial score (nSPS) is 10.3. The number of carbonyl (C=O) groups excluding carboxylic acids is 1. The van der Waals surface area contributed by atoms with Crippen LogP contribution in [0.1, 0.15) is 15.9 Å². The van der Waals surface area contributed by atoms with Crippen LogP contribution in [0.3, 0.4) is 0 Å². The summed E-state index contributed by atoms with van der Waals surface area (Å²) in [5.74, 6) is -1.29. The summed E-state index contributed by atoms with van der Waals surface area (Å²) in [5.41, 5.74) is 1.36. The fourth-order valence-electron chi connectivity index (χ4n) is 1.65. The van der Waals surface area contributed by atoms with Gasteiger partial charge in [-0.05, 0) is 64.8 Å². The summed E-state index contributed by atoms with van der Waals surface area (Å²) >= 11 is 3.01. The van der Waals surface area contributed by atoms with Gasteiger partial charge >= 0.3 is 0 Å². The van der Waals surface area contributed by atoms with Crippen molar-refractivity contribution in [1.82, 2.24) is 0 Å². The molecular weight excluding hydrogens is 316 g/mol. The molecule has 19 heavy (non-hydrogen) atoms. The zero-order valence-corrected chi connectivity index (χ0v) is 11.6. The van der Waals surface area contributed by atoms with E-state index < -0.39 is 17.5 Å². The Kier molecular flexibility index (Phi) is 3.95. The first-order valence-electron chi connectivity index (χ1n) is 5.49. The number of hydrogen-bond acceptors (Lipinski definition) is 1. The van der Waals surface area contributed by atoms with Gasteiger partial charge in [-0.15, -0.1) is 0 Å². The Labute approximate surface area is 117 Å². The Hall–Kier alpha value is -1.75. The molecule has 2 rings (SSSR count). The van der Waals surface area contributed by atoms with Crippen molar-refractivity contribution in [2.45, 2.75) is 6.92 Å². The standard InChI is InChI=1S/C14H10BrF2NO/c1-8-4-10(16)7-11(5-8)18-14(19)9-2-3-13(17)12(15)6-9/h2-7H,1H3,(H,18,19). The molecule has 0 aliphatic carbocycles. The van der Waals surface area contributed by atoms with E-state index in [9.17, 15) is 13.6 Å². The predicted molar refractivity (Wildman–Crippen MR) is 73.2 cm³/mol. The average molecular weight is 326 g/mol. The van der Waals surface area contributed by atoms with Gasteiger partial charge in [0.2, 0.25) is 0 Å². The van der Waals surface area contributed by atoms with Gasteiger partial charge in [-0.3, -0.25) is 4.79 Å². The Morgan fingerprint density at radius 2 is 1.89 bits per heavy atom. The molecule has 0 fully saturated rings. The molecule has 0 unspecified atom stereocenters. The molecule has 5 heteroatoms. The van der Waals surface area contributed by atoms with Crippen molar-refractivity contribution >= 4 is 27.5 Å². The highest BCUT2D eigenvalue weighted by atomic mass is 79.9. The molecule has 2 nitrogen and oxygen atoms in total. The molecule has 98 valence electrons. The minimum Gasteiger partial charge on any atom is -0.322 e. The van der Waals surface area contributed by atoms with Crippen molar-refractivity contribution in [3.05, 3.63) is 63.6 Å². The molecule has 0 saturated carbocycles. The van der Waals surface area contributed by atoms with Gasteiger partial charge in [-0.25, -0.2) is 8.78 Å². The maximum Gasteiger partial charge on any atom is 0.255 e. The first-order valence-corrected chi connectivity index (χ1v) is 6.28. The van der Waals surface area contributed by atoms with Crippen molar-refractivity contribution in [2.24, 2.45) is 0 Å². The third-order valence-electron chi connectivity index (χ3n) is 2.48. The van der Waals surface area contributed by atoms with Crippen LogP contribution in [0.5, 0.6) is 0 Å². The Morgan fingerprint density at radius 3 is 2.53 bits per heavy atom. The first-order chi connectivity index (χ1) is 8.95. The number of hydrogen-bond donors (Lipinski definition) is 1. The van der Waals surface area contributed by atoms with Gasteiger partial charge < -0.3 is 5.32 Å². The average Bonchev–Trinajstić information content (AvgIpc) is 2.31. The second-order valence-corrected chi connectivity index (χ2v) is 4.95. The Balaban J connectivity index is 2.22. The minimum atomic E-state index is -0.446. The molecule has 0 spiro atoms. The molecule has 0 heterocycles. The molecule has 1 N–H and O–H groups in total. The van der Waals surface area contributed by atoms with Crippen LogP contribution in [-0.2, 0) is 0 Å². The molecular formula is C14H10BrF2NO. The van der Waals surface area contributed by atoms with Crippen molar-refractivity contribution in [3.63, 3.8) is 0 Å². The molecule has 0 aliphatic heterocycles. The van der Waals surface area contributed by atoms with Crippen LogP contribution < -0.4 is 5.32 Å². The fraction of sp³-hybridized carbons (Fsp3) is 0.0714. The summed E-state index contributed by atoms with van der Waals surface area (Å²) < 4.78 is 26.5. The van der Waals surface area contributed by atoms with E-state index in [2.05, 4.69) is 21.2 Å². The minimum absolute atomic E-state index is 0.204. The summed E-state index contributed by atoms with van der Waals surface area (Å²) in [7, 11) is 0. The largest absolute Gasteiger partial charge is 0.322 e. The van der Waals surface area contributed by atoms with E-state index in [1.165, 1.54) is 30.3 Å². The maximum absolute atomic E-state index is 13.2. The van der Waals surface area contributed by atoms with Crippen LogP contribution in [-0.4, -0.2) is 5.91 Å². The van der Waals surface area contributed by atoms with Crippen molar-refractivity contribution < 1.29 is 13.6 Å². The molecule has 2 aromatic carbocycles. The lowest BCUT2D eigenvalue weighted by Crippen LogP contribution is -2.12. The molecule has 1 amide bonds. The van der Waals surface area contributed by atoms with Crippen LogP contribution in [0, 0.1) is 18.6 Å². The smallest absolute Gasteiger partial charge is 0.255 e. The van der Waals surface area contributed by atoms with Crippen LogP contribution in [0.4, 0.5) is 14.5 Å². The molecule has 0 aliphatic rings. The van der Waals surface area contributed by atoms with E-state index in [1.807, 2.05) is 0 Å². The molecule has 0 bridgehead atoms. The van der Waals surface area contributed by atoms with Gasteiger partial charge in [0.1, 0.15) is 11.6 Å².